The van der Waals surface area contributed by atoms with Crippen molar-refractivity contribution in [3.63, 3.8) is 0 Å². The molecule has 0 spiro atoms. The number of carboxylic acids is 1. The van der Waals surface area contributed by atoms with E-state index < -0.39 is 11.4 Å². The van der Waals surface area contributed by atoms with E-state index in [1.807, 2.05) is 6.08 Å². The van der Waals surface area contributed by atoms with Gasteiger partial charge in [0.1, 0.15) is 0 Å². The molecule has 4 aliphatic carbocycles. The van der Waals surface area contributed by atoms with Gasteiger partial charge in [0.25, 0.3) is 0 Å². The van der Waals surface area contributed by atoms with Gasteiger partial charge in [-0.2, -0.15) is 0 Å². The summed E-state index contributed by atoms with van der Waals surface area (Å²) in [5.41, 5.74) is 0.329. The molecule has 0 aromatic heterocycles. The number of fused-ring (bicyclic) bond motifs is 5. The highest BCUT2D eigenvalue weighted by molar-refractivity contribution is 5.79. The molecule has 0 aromatic rings. The van der Waals surface area contributed by atoms with Gasteiger partial charge < -0.3 is 15.3 Å². The third kappa shape index (κ3) is 2.18. The minimum Gasteiger partial charge on any atom is -0.481 e. The Labute approximate surface area is 156 Å². The average Bonchev–Trinajstić information content (AvgIpc) is 2.90. The molecule has 4 heteroatoms. The van der Waals surface area contributed by atoms with E-state index in [1.165, 1.54) is 5.57 Å². The number of aliphatic hydroxyl groups is 2. The average molecular weight is 360 g/mol. The fourth-order valence-electron chi connectivity index (χ4n) is 7.20. The summed E-state index contributed by atoms with van der Waals surface area (Å²) in [4.78, 5) is 12.3. The topological polar surface area (TPSA) is 77.8 Å². The van der Waals surface area contributed by atoms with Crippen molar-refractivity contribution in [2.24, 2.45) is 34.0 Å². The van der Waals surface area contributed by atoms with Crippen molar-refractivity contribution in [1.29, 1.82) is 0 Å². The lowest BCUT2D eigenvalue weighted by Crippen LogP contribution is -2.55. The van der Waals surface area contributed by atoms with Crippen molar-refractivity contribution >= 4 is 5.97 Å². The molecule has 0 bridgehead atoms. The van der Waals surface area contributed by atoms with Crippen molar-refractivity contribution in [2.45, 2.75) is 64.9 Å². The third-order valence-corrected chi connectivity index (χ3v) is 8.82. The molecular formula is C22H32O4. The standard InChI is InChI=1S/C22H32O4/c1-20-8-5-15(24)13-14(20)3-4-16-17(20)6-9-21(2)18(16)7-10-22(21,11-12-23)19(25)26/h3,7,10,15-18,23-24H,4-6,8-9,11-13H2,1-2H3,(H,25,26)/t15?,16-,17+,18+,20+,21+,22-/m1/s1. The van der Waals surface area contributed by atoms with Gasteiger partial charge in [0.05, 0.1) is 11.5 Å². The maximum atomic E-state index is 12.3. The first-order chi connectivity index (χ1) is 12.3. The third-order valence-electron chi connectivity index (χ3n) is 8.82. The molecule has 3 N–H and O–H groups in total. The zero-order valence-corrected chi connectivity index (χ0v) is 15.9. The van der Waals surface area contributed by atoms with E-state index in [9.17, 15) is 20.1 Å². The first-order valence-electron chi connectivity index (χ1n) is 10.2. The predicted molar refractivity (Wildman–Crippen MR) is 99.4 cm³/mol. The van der Waals surface area contributed by atoms with Crippen LogP contribution in [0.1, 0.15) is 58.8 Å². The fourth-order valence-corrected chi connectivity index (χ4v) is 7.20. The van der Waals surface area contributed by atoms with Crippen LogP contribution in [0.5, 0.6) is 0 Å². The van der Waals surface area contributed by atoms with E-state index in [-0.39, 0.29) is 29.5 Å². The molecule has 0 aliphatic heterocycles. The van der Waals surface area contributed by atoms with E-state index >= 15 is 0 Å². The normalized spacial score (nSPS) is 49.8. The number of hydrogen-bond acceptors (Lipinski definition) is 3. The molecule has 144 valence electrons. The molecule has 0 aromatic carbocycles. The number of allylic oxidation sites excluding steroid dienone is 2. The molecule has 1 unspecified atom stereocenters. The van der Waals surface area contributed by atoms with Gasteiger partial charge in [-0.05, 0) is 73.5 Å². The van der Waals surface area contributed by atoms with Gasteiger partial charge in [-0.3, -0.25) is 4.79 Å². The summed E-state index contributed by atoms with van der Waals surface area (Å²) in [5.74, 6) is 0.501. The number of aliphatic hydroxyl groups excluding tert-OH is 2. The Hall–Kier alpha value is -1.13. The number of carbonyl (C=O) groups is 1. The highest BCUT2D eigenvalue weighted by Gasteiger charge is 2.64. The zero-order chi connectivity index (χ0) is 18.7. The van der Waals surface area contributed by atoms with Crippen molar-refractivity contribution in [1.82, 2.24) is 0 Å². The summed E-state index contributed by atoms with van der Waals surface area (Å²) >= 11 is 0. The molecular weight excluding hydrogens is 328 g/mol. The molecule has 0 heterocycles. The summed E-state index contributed by atoms with van der Waals surface area (Å²) < 4.78 is 0. The van der Waals surface area contributed by atoms with Crippen LogP contribution in [-0.4, -0.2) is 34.0 Å². The number of hydrogen-bond donors (Lipinski definition) is 3. The fraction of sp³-hybridized carbons (Fsp3) is 0.773. The largest absolute Gasteiger partial charge is 0.481 e. The first kappa shape index (κ1) is 18.2. The van der Waals surface area contributed by atoms with E-state index in [0.29, 0.717) is 18.3 Å². The Morgan fingerprint density at radius 1 is 1.27 bits per heavy atom. The number of rotatable bonds is 3. The van der Waals surface area contributed by atoms with Crippen LogP contribution < -0.4 is 0 Å². The molecule has 4 aliphatic rings. The van der Waals surface area contributed by atoms with Crippen LogP contribution in [0, 0.1) is 34.0 Å². The highest BCUT2D eigenvalue weighted by atomic mass is 16.4. The highest BCUT2D eigenvalue weighted by Crippen LogP contribution is 2.68. The number of aliphatic carboxylic acids is 1. The first-order valence-corrected chi connectivity index (χ1v) is 10.2. The lowest BCUT2D eigenvalue weighted by atomic mass is 9.45. The lowest BCUT2D eigenvalue weighted by Gasteiger charge is -2.59. The molecule has 0 saturated heterocycles. The van der Waals surface area contributed by atoms with E-state index in [2.05, 4.69) is 26.0 Å². The van der Waals surface area contributed by atoms with Gasteiger partial charge in [0, 0.05) is 6.61 Å². The predicted octanol–water partition coefficient (Wildman–Crippen LogP) is 3.54. The van der Waals surface area contributed by atoms with Crippen LogP contribution >= 0.6 is 0 Å². The minimum absolute atomic E-state index is 0.0906. The zero-order valence-electron chi connectivity index (χ0n) is 15.9. The molecule has 4 rings (SSSR count). The van der Waals surface area contributed by atoms with Crippen LogP contribution in [0.3, 0.4) is 0 Å². The van der Waals surface area contributed by atoms with E-state index in [0.717, 1.165) is 38.5 Å². The van der Waals surface area contributed by atoms with E-state index in [1.54, 1.807) is 0 Å². The van der Waals surface area contributed by atoms with Gasteiger partial charge in [-0.1, -0.05) is 37.6 Å². The summed E-state index contributed by atoms with van der Waals surface area (Å²) in [6.45, 7) is 4.43. The Morgan fingerprint density at radius 3 is 2.73 bits per heavy atom. The van der Waals surface area contributed by atoms with Crippen molar-refractivity contribution < 1.29 is 20.1 Å². The monoisotopic (exact) mass is 360 g/mol. The van der Waals surface area contributed by atoms with Crippen molar-refractivity contribution in [2.75, 3.05) is 6.61 Å². The van der Waals surface area contributed by atoms with Gasteiger partial charge in [-0.25, -0.2) is 0 Å². The molecule has 7 atom stereocenters. The van der Waals surface area contributed by atoms with Gasteiger partial charge in [0.2, 0.25) is 0 Å². The second-order valence-corrected chi connectivity index (χ2v) is 9.64. The molecule has 2 saturated carbocycles. The van der Waals surface area contributed by atoms with Gasteiger partial charge in [0.15, 0.2) is 0 Å². The second kappa shape index (κ2) is 5.93. The van der Waals surface area contributed by atoms with E-state index in [4.69, 9.17) is 0 Å². The second-order valence-electron chi connectivity index (χ2n) is 9.64. The molecule has 26 heavy (non-hydrogen) atoms. The maximum Gasteiger partial charge on any atom is 0.314 e. The maximum absolute atomic E-state index is 12.3. The lowest BCUT2D eigenvalue weighted by molar-refractivity contribution is -0.161. The minimum atomic E-state index is -0.939. The Morgan fingerprint density at radius 2 is 2.04 bits per heavy atom. The van der Waals surface area contributed by atoms with Crippen molar-refractivity contribution in [3.8, 4) is 0 Å². The summed E-state index contributed by atoms with van der Waals surface area (Å²) in [6.07, 6.45) is 12.2. The van der Waals surface area contributed by atoms with Crippen LogP contribution in [0.2, 0.25) is 0 Å². The molecule has 0 amide bonds. The molecule has 4 nitrogen and oxygen atoms in total. The Balaban J connectivity index is 1.70. The Bertz CT molecular complexity index is 667. The van der Waals surface area contributed by atoms with Gasteiger partial charge in [-0.15, -0.1) is 0 Å². The van der Waals surface area contributed by atoms with Crippen LogP contribution in [0.15, 0.2) is 23.8 Å². The molecule has 0 radical (unpaired) electrons. The van der Waals surface area contributed by atoms with Gasteiger partial charge >= 0.3 is 5.97 Å². The van der Waals surface area contributed by atoms with Crippen molar-refractivity contribution in [3.05, 3.63) is 23.8 Å². The quantitative estimate of drug-likeness (QED) is 0.673. The summed E-state index contributed by atoms with van der Waals surface area (Å²) in [5, 5.41) is 29.7. The smallest absolute Gasteiger partial charge is 0.314 e. The van der Waals surface area contributed by atoms with Crippen LogP contribution in [0.25, 0.3) is 0 Å². The SMILES string of the molecule is C[C@]12CCC(O)CC1=CC[C@@H]1[C@@H]2CC[C@@]2(C)[C@H]1C=C[C@@]2(CCO)C(=O)O. The molecule has 2 fully saturated rings. The van der Waals surface area contributed by atoms with Crippen LogP contribution in [-0.2, 0) is 4.79 Å². The Kier molecular flexibility index (Phi) is 4.16. The number of carboxylic acid groups (broad SMARTS) is 1. The summed E-state index contributed by atoms with van der Waals surface area (Å²) in [6, 6.07) is 0. The summed E-state index contributed by atoms with van der Waals surface area (Å²) in [7, 11) is 0. The van der Waals surface area contributed by atoms with Crippen LogP contribution in [0.4, 0.5) is 0 Å².